The fourth-order valence-corrected chi connectivity index (χ4v) is 2.43. The Labute approximate surface area is 129 Å². The van der Waals surface area contributed by atoms with Crippen LogP contribution in [0.1, 0.15) is 12.5 Å². The standard InChI is InChI=1S/C15H20ClN3O2/c1-11(9-19-7-6-17-10-19)18-8-12-4-5-13(20-2)15(21-3)14(12)16/h4-7,10-11,18H,8-9H2,1-3H3. The third kappa shape index (κ3) is 3.89. The summed E-state index contributed by atoms with van der Waals surface area (Å²) < 4.78 is 12.6. The third-order valence-corrected chi connectivity index (χ3v) is 3.66. The molecular weight excluding hydrogens is 290 g/mol. The summed E-state index contributed by atoms with van der Waals surface area (Å²) in [6, 6.07) is 4.10. The van der Waals surface area contributed by atoms with Crippen molar-refractivity contribution >= 4 is 11.6 Å². The summed E-state index contributed by atoms with van der Waals surface area (Å²) in [5, 5.41) is 4.02. The van der Waals surface area contributed by atoms with E-state index in [9.17, 15) is 0 Å². The number of benzene rings is 1. The largest absolute Gasteiger partial charge is 0.493 e. The zero-order valence-electron chi connectivity index (χ0n) is 12.5. The molecule has 0 aliphatic rings. The van der Waals surface area contributed by atoms with Crippen LogP contribution in [0.4, 0.5) is 0 Å². The number of imidazole rings is 1. The van der Waals surface area contributed by atoms with Crippen molar-refractivity contribution in [2.24, 2.45) is 0 Å². The number of methoxy groups -OCH3 is 2. The minimum atomic E-state index is 0.295. The smallest absolute Gasteiger partial charge is 0.179 e. The SMILES string of the molecule is COc1ccc(CNC(C)Cn2ccnc2)c(Cl)c1OC. The Morgan fingerprint density at radius 1 is 1.33 bits per heavy atom. The fourth-order valence-electron chi connectivity index (χ4n) is 2.13. The maximum atomic E-state index is 6.36. The van der Waals surface area contributed by atoms with Gasteiger partial charge in [0, 0.05) is 31.5 Å². The predicted molar refractivity (Wildman–Crippen MR) is 83.1 cm³/mol. The lowest BCUT2D eigenvalue weighted by Crippen LogP contribution is -2.29. The summed E-state index contributed by atoms with van der Waals surface area (Å²) in [5.41, 5.74) is 0.979. The molecule has 0 fully saturated rings. The lowest BCUT2D eigenvalue weighted by Gasteiger charge is -2.17. The molecule has 1 aromatic carbocycles. The van der Waals surface area contributed by atoms with E-state index in [1.165, 1.54) is 0 Å². The number of hydrogen-bond acceptors (Lipinski definition) is 4. The summed E-state index contributed by atoms with van der Waals surface area (Å²) >= 11 is 6.36. The molecule has 0 aliphatic carbocycles. The normalized spacial score (nSPS) is 12.2. The zero-order valence-corrected chi connectivity index (χ0v) is 13.2. The monoisotopic (exact) mass is 309 g/mol. The zero-order chi connectivity index (χ0) is 15.2. The molecule has 114 valence electrons. The molecule has 0 aliphatic heterocycles. The first kappa shape index (κ1) is 15.7. The van der Waals surface area contributed by atoms with Gasteiger partial charge in [-0.25, -0.2) is 4.98 Å². The second kappa shape index (κ2) is 7.33. The van der Waals surface area contributed by atoms with Crippen molar-refractivity contribution in [2.45, 2.75) is 26.1 Å². The molecule has 2 aromatic rings. The van der Waals surface area contributed by atoms with Crippen LogP contribution in [0, 0.1) is 0 Å². The van der Waals surface area contributed by atoms with Crippen LogP contribution in [-0.2, 0) is 13.1 Å². The van der Waals surface area contributed by atoms with Crippen LogP contribution >= 0.6 is 11.6 Å². The molecule has 1 aromatic heterocycles. The quantitative estimate of drug-likeness (QED) is 0.854. The van der Waals surface area contributed by atoms with Crippen molar-refractivity contribution in [3.63, 3.8) is 0 Å². The molecule has 5 nitrogen and oxygen atoms in total. The Balaban J connectivity index is 1.99. The molecule has 2 rings (SSSR count). The van der Waals surface area contributed by atoms with Crippen molar-refractivity contribution in [3.05, 3.63) is 41.4 Å². The van der Waals surface area contributed by atoms with Crippen LogP contribution in [-0.4, -0.2) is 29.8 Å². The first-order chi connectivity index (χ1) is 10.2. The molecule has 0 radical (unpaired) electrons. The Bertz CT molecular complexity index is 573. The van der Waals surface area contributed by atoms with E-state index < -0.39 is 0 Å². The molecule has 6 heteroatoms. The Morgan fingerprint density at radius 3 is 2.76 bits per heavy atom. The van der Waals surface area contributed by atoms with E-state index in [1.54, 1.807) is 20.4 Å². The molecule has 0 saturated carbocycles. The van der Waals surface area contributed by atoms with E-state index in [4.69, 9.17) is 21.1 Å². The molecule has 1 atom stereocenters. The number of ether oxygens (including phenoxy) is 2. The number of halogens is 1. The number of hydrogen-bond donors (Lipinski definition) is 1. The first-order valence-electron chi connectivity index (χ1n) is 6.74. The molecular formula is C15H20ClN3O2. The lowest BCUT2D eigenvalue weighted by atomic mass is 10.2. The summed E-state index contributed by atoms with van der Waals surface area (Å²) in [5.74, 6) is 1.21. The highest BCUT2D eigenvalue weighted by Gasteiger charge is 2.13. The number of aromatic nitrogens is 2. The summed E-state index contributed by atoms with van der Waals surface area (Å²) in [6.45, 7) is 3.63. The van der Waals surface area contributed by atoms with Crippen LogP contribution in [0.15, 0.2) is 30.9 Å². The van der Waals surface area contributed by atoms with Crippen LogP contribution in [0.25, 0.3) is 0 Å². The first-order valence-corrected chi connectivity index (χ1v) is 7.12. The van der Waals surface area contributed by atoms with Gasteiger partial charge in [0.15, 0.2) is 11.5 Å². The van der Waals surface area contributed by atoms with Crippen LogP contribution in [0.5, 0.6) is 11.5 Å². The van der Waals surface area contributed by atoms with Crippen LogP contribution in [0.2, 0.25) is 5.02 Å². The topological polar surface area (TPSA) is 48.3 Å². The Kier molecular flexibility index (Phi) is 5.47. The second-order valence-electron chi connectivity index (χ2n) is 4.82. The highest BCUT2D eigenvalue weighted by atomic mass is 35.5. The maximum absolute atomic E-state index is 6.36. The molecule has 0 amide bonds. The maximum Gasteiger partial charge on any atom is 0.179 e. The Hall–Kier alpha value is -1.72. The highest BCUT2D eigenvalue weighted by molar-refractivity contribution is 6.33. The highest BCUT2D eigenvalue weighted by Crippen LogP contribution is 2.37. The molecule has 21 heavy (non-hydrogen) atoms. The van der Waals surface area contributed by atoms with Gasteiger partial charge in [0.05, 0.1) is 25.6 Å². The van der Waals surface area contributed by atoms with Crippen molar-refractivity contribution in [3.8, 4) is 11.5 Å². The average Bonchev–Trinajstić information content (AvgIpc) is 2.98. The predicted octanol–water partition coefficient (Wildman–Crippen LogP) is 2.73. The molecule has 0 bridgehead atoms. The van der Waals surface area contributed by atoms with E-state index in [-0.39, 0.29) is 0 Å². The lowest BCUT2D eigenvalue weighted by molar-refractivity contribution is 0.354. The molecule has 0 saturated heterocycles. The minimum absolute atomic E-state index is 0.295. The van der Waals surface area contributed by atoms with Crippen LogP contribution in [0.3, 0.4) is 0 Å². The van der Waals surface area contributed by atoms with E-state index in [2.05, 4.69) is 17.2 Å². The van der Waals surface area contributed by atoms with Gasteiger partial charge in [-0.05, 0) is 18.6 Å². The third-order valence-electron chi connectivity index (χ3n) is 3.25. The van der Waals surface area contributed by atoms with E-state index in [0.717, 1.165) is 12.1 Å². The van der Waals surface area contributed by atoms with Gasteiger partial charge in [-0.3, -0.25) is 0 Å². The van der Waals surface area contributed by atoms with Gasteiger partial charge >= 0.3 is 0 Å². The summed E-state index contributed by atoms with van der Waals surface area (Å²) in [4.78, 5) is 4.03. The molecule has 1 heterocycles. The Morgan fingerprint density at radius 2 is 2.14 bits per heavy atom. The number of rotatable bonds is 7. The number of nitrogens with one attached hydrogen (secondary N) is 1. The van der Waals surface area contributed by atoms with E-state index >= 15 is 0 Å². The van der Waals surface area contributed by atoms with Gasteiger partial charge in [-0.2, -0.15) is 0 Å². The summed E-state index contributed by atoms with van der Waals surface area (Å²) in [7, 11) is 3.18. The van der Waals surface area contributed by atoms with Crippen molar-refractivity contribution in [2.75, 3.05) is 14.2 Å². The molecule has 0 spiro atoms. The summed E-state index contributed by atoms with van der Waals surface area (Å²) in [6.07, 6.45) is 5.53. The van der Waals surface area contributed by atoms with Gasteiger partial charge < -0.3 is 19.4 Å². The van der Waals surface area contributed by atoms with Crippen LogP contribution < -0.4 is 14.8 Å². The van der Waals surface area contributed by atoms with E-state index in [1.807, 2.05) is 29.2 Å². The fraction of sp³-hybridized carbons (Fsp3) is 0.400. The van der Waals surface area contributed by atoms with Gasteiger partial charge in [-0.1, -0.05) is 17.7 Å². The van der Waals surface area contributed by atoms with E-state index in [0.29, 0.717) is 29.1 Å². The van der Waals surface area contributed by atoms with Crippen molar-refractivity contribution in [1.29, 1.82) is 0 Å². The molecule has 1 unspecified atom stereocenters. The van der Waals surface area contributed by atoms with Crippen molar-refractivity contribution in [1.82, 2.24) is 14.9 Å². The van der Waals surface area contributed by atoms with Gasteiger partial charge in [0.2, 0.25) is 0 Å². The van der Waals surface area contributed by atoms with Gasteiger partial charge in [0.1, 0.15) is 0 Å². The molecule has 1 N–H and O–H groups in total. The number of nitrogens with zero attached hydrogens (tertiary/aromatic N) is 2. The second-order valence-corrected chi connectivity index (χ2v) is 5.19. The van der Waals surface area contributed by atoms with Gasteiger partial charge in [0.25, 0.3) is 0 Å². The van der Waals surface area contributed by atoms with Crippen molar-refractivity contribution < 1.29 is 9.47 Å². The van der Waals surface area contributed by atoms with Gasteiger partial charge in [-0.15, -0.1) is 0 Å². The minimum Gasteiger partial charge on any atom is -0.493 e. The average molecular weight is 310 g/mol.